The van der Waals surface area contributed by atoms with Crippen LogP contribution in [0, 0.1) is 11.6 Å². The third kappa shape index (κ3) is 4.45. The predicted octanol–water partition coefficient (Wildman–Crippen LogP) is 4.36. The van der Waals surface area contributed by atoms with Crippen LogP contribution in [0.2, 0.25) is 0 Å². The van der Waals surface area contributed by atoms with E-state index in [4.69, 9.17) is 5.11 Å². The van der Waals surface area contributed by atoms with Crippen LogP contribution in [-0.2, 0) is 11.3 Å². The molecular formula is C18H11F5N2O3. The summed E-state index contributed by atoms with van der Waals surface area (Å²) in [5.74, 6) is -3.40. The van der Waals surface area contributed by atoms with Crippen molar-refractivity contribution in [3.8, 4) is 5.75 Å². The summed E-state index contributed by atoms with van der Waals surface area (Å²) < 4.78 is 69.6. The third-order valence-corrected chi connectivity index (χ3v) is 3.70. The second-order valence-corrected chi connectivity index (χ2v) is 5.68. The van der Waals surface area contributed by atoms with Crippen molar-refractivity contribution < 1.29 is 36.6 Å². The van der Waals surface area contributed by atoms with Crippen LogP contribution in [-0.4, -0.2) is 27.2 Å². The molecule has 3 rings (SSSR count). The van der Waals surface area contributed by atoms with E-state index in [-0.39, 0.29) is 23.3 Å². The molecule has 0 bridgehead atoms. The molecule has 28 heavy (non-hydrogen) atoms. The van der Waals surface area contributed by atoms with Gasteiger partial charge in [-0.05, 0) is 24.3 Å². The first-order chi connectivity index (χ1) is 13.1. The minimum Gasteiger partial charge on any atom is -0.478 e. The van der Waals surface area contributed by atoms with E-state index < -0.39 is 29.7 Å². The molecule has 0 aliphatic carbocycles. The number of carboxylic acid groups (broad SMARTS) is 1. The van der Waals surface area contributed by atoms with E-state index in [1.54, 1.807) is 0 Å². The van der Waals surface area contributed by atoms with Crippen molar-refractivity contribution in [2.45, 2.75) is 12.9 Å². The van der Waals surface area contributed by atoms with Crippen LogP contribution < -0.4 is 4.74 Å². The summed E-state index contributed by atoms with van der Waals surface area (Å²) in [5.41, 5.74) is 0.343. The number of nitrogens with zero attached hydrogens (tertiary/aromatic N) is 2. The van der Waals surface area contributed by atoms with Crippen LogP contribution in [0.1, 0.15) is 11.3 Å². The fourth-order valence-electron chi connectivity index (χ4n) is 2.58. The molecule has 146 valence electrons. The van der Waals surface area contributed by atoms with Crippen molar-refractivity contribution in [2.24, 2.45) is 0 Å². The molecule has 1 N–H and O–H groups in total. The minimum atomic E-state index is -4.91. The van der Waals surface area contributed by atoms with E-state index in [9.17, 15) is 26.7 Å². The van der Waals surface area contributed by atoms with Gasteiger partial charge in [0.05, 0.1) is 17.8 Å². The Labute approximate surface area is 154 Å². The van der Waals surface area contributed by atoms with Gasteiger partial charge in [0, 0.05) is 29.2 Å². The molecule has 0 unspecified atom stereocenters. The van der Waals surface area contributed by atoms with Crippen molar-refractivity contribution in [1.29, 1.82) is 0 Å². The lowest BCUT2D eigenvalue weighted by Gasteiger charge is -2.10. The molecule has 0 amide bonds. The summed E-state index contributed by atoms with van der Waals surface area (Å²) in [7, 11) is 0. The van der Waals surface area contributed by atoms with Gasteiger partial charge in [0.25, 0.3) is 0 Å². The fourth-order valence-corrected chi connectivity index (χ4v) is 2.58. The number of carboxylic acids is 1. The average Bonchev–Trinajstić information content (AvgIpc) is 2.91. The van der Waals surface area contributed by atoms with Crippen LogP contribution in [0.4, 0.5) is 22.0 Å². The van der Waals surface area contributed by atoms with Crippen LogP contribution >= 0.6 is 0 Å². The van der Waals surface area contributed by atoms with Crippen molar-refractivity contribution >= 4 is 22.9 Å². The summed E-state index contributed by atoms with van der Waals surface area (Å²) >= 11 is 0. The van der Waals surface area contributed by atoms with E-state index in [1.807, 2.05) is 0 Å². The largest absolute Gasteiger partial charge is 0.573 e. The summed E-state index contributed by atoms with van der Waals surface area (Å²) in [6.07, 6.45) is -2.94. The number of alkyl halides is 3. The second kappa shape index (κ2) is 7.29. The Balaban J connectivity index is 2.10. The molecule has 3 aromatic rings. The monoisotopic (exact) mass is 398 g/mol. The van der Waals surface area contributed by atoms with Gasteiger partial charge in [-0.25, -0.2) is 13.6 Å². The average molecular weight is 398 g/mol. The van der Waals surface area contributed by atoms with Crippen LogP contribution in [0.3, 0.4) is 0 Å². The molecule has 1 heterocycles. The molecule has 0 atom stereocenters. The Hall–Kier alpha value is -3.43. The number of fused-ring (bicyclic) bond motifs is 1. The Morgan fingerprint density at radius 2 is 1.93 bits per heavy atom. The molecule has 0 radical (unpaired) electrons. The van der Waals surface area contributed by atoms with Crippen molar-refractivity contribution in [3.05, 3.63) is 65.4 Å². The smallest absolute Gasteiger partial charge is 0.478 e. The molecule has 5 nitrogen and oxygen atoms in total. The first kappa shape index (κ1) is 19.3. The molecule has 0 saturated heterocycles. The lowest BCUT2D eigenvalue weighted by atomic mass is 10.1. The maximum absolute atomic E-state index is 14.0. The highest BCUT2D eigenvalue weighted by Crippen LogP contribution is 2.29. The van der Waals surface area contributed by atoms with Gasteiger partial charge in [-0.15, -0.1) is 13.2 Å². The number of ether oxygens (including phenoxy) is 1. The maximum atomic E-state index is 14.0. The van der Waals surface area contributed by atoms with E-state index >= 15 is 0 Å². The van der Waals surface area contributed by atoms with Gasteiger partial charge in [-0.1, -0.05) is 6.07 Å². The maximum Gasteiger partial charge on any atom is 0.573 e. The first-order valence-corrected chi connectivity index (χ1v) is 7.73. The molecule has 0 aliphatic rings. The molecule has 0 saturated carbocycles. The van der Waals surface area contributed by atoms with Gasteiger partial charge in [-0.3, -0.25) is 4.68 Å². The van der Waals surface area contributed by atoms with Gasteiger partial charge in [0.15, 0.2) is 0 Å². The van der Waals surface area contributed by atoms with E-state index in [0.717, 1.165) is 30.4 Å². The zero-order valence-corrected chi connectivity index (χ0v) is 13.9. The predicted molar refractivity (Wildman–Crippen MR) is 88.5 cm³/mol. The second-order valence-electron chi connectivity index (χ2n) is 5.68. The number of halogens is 5. The van der Waals surface area contributed by atoms with Gasteiger partial charge in [0.1, 0.15) is 17.4 Å². The Kier molecular flexibility index (Phi) is 5.04. The van der Waals surface area contributed by atoms with E-state index in [0.29, 0.717) is 11.5 Å². The number of benzene rings is 2. The molecule has 0 aliphatic heterocycles. The van der Waals surface area contributed by atoms with Crippen molar-refractivity contribution in [2.75, 3.05) is 0 Å². The Morgan fingerprint density at radius 3 is 2.57 bits per heavy atom. The third-order valence-electron chi connectivity index (χ3n) is 3.70. The number of hydrogen-bond acceptors (Lipinski definition) is 3. The summed E-state index contributed by atoms with van der Waals surface area (Å²) in [6, 6.07) is 6.27. The molecule has 0 fully saturated rings. The van der Waals surface area contributed by atoms with E-state index in [1.165, 1.54) is 16.8 Å². The van der Waals surface area contributed by atoms with Gasteiger partial charge in [0.2, 0.25) is 0 Å². The van der Waals surface area contributed by atoms with Crippen molar-refractivity contribution in [1.82, 2.24) is 9.78 Å². The number of hydrogen-bond donors (Lipinski definition) is 1. The SMILES string of the molecule is O=C(O)/C=C/c1nn(Cc2ccc(F)cc2F)c2cc(OC(F)(F)F)ccc12. The Morgan fingerprint density at radius 1 is 1.18 bits per heavy atom. The van der Waals surface area contributed by atoms with Gasteiger partial charge < -0.3 is 9.84 Å². The normalized spacial score (nSPS) is 12.0. The summed E-state index contributed by atoms with van der Waals surface area (Å²) in [4.78, 5) is 10.7. The lowest BCUT2D eigenvalue weighted by Crippen LogP contribution is -2.17. The zero-order chi connectivity index (χ0) is 20.5. The first-order valence-electron chi connectivity index (χ1n) is 7.73. The fraction of sp³-hybridized carbons (Fsp3) is 0.111. The van der Waals surface area contributed by atoms with Gasteiger partial charge in [-0.2, -0.15) is 5.10 Å². The Bertz CT molecular complexity index is 1070. The van der Waals surface area contributed by atoms with Crippen molar-refractivity contribution in [3.63, 3.8) is 0 Å². The molecule has 2 aromatic carbocycles. The topological polar surface area (TPSA) is 64.3 Å². The molecule has 1 aromatic heterocycles. The molecule has 0 spiro atoms. The highest BCUT2D eigenvalue weighted by atomic mass is 19.4. The quantitative estimate of drug-likeness (QED) is 0.513. The minimum absolute atomic E-state index is 0.0432. The number of rotatable bonds is 5. The zero-order valence-electron chi connectivity index (χ0n) is 13.9. The van der Waals surface area contributed by atoms with Crippen LogP contribution in [0.25, 0.3) is 17.0 Å². The summed E-state index contributed by atoms with van der Waals surface area (Å²) in [6.45, 7) is -0.223. The van der Waals surface area contributed by atoms with Gasteiger partial charge >= 0.3 is 12.3 Å². The van der Waals surface area contributed by atoms with Crippen LogP contribution in [0.5, 0.6) is 5.75 Å². The lowest BCUT2D eigenvalue weighted by molar-refractivity contribution is -0.274. The number of carbonyl (C=O) groups is 1. The molecule has 10 heteroatoms. The summed E-state index contributed by atoms with van der Waals surface area (Å²) in [5, 5.41) is 13.2. The standard InChI is InChI=1S/C18H11F5N2O3/c19-11-2-1-10(14(20)7-11)9-25-16-8-12(28-18(21,22)23)3-4-13(16)15(24-25)5-6-17(26)27/h1-8H,9H2,(H,26,27)/b6-5+. The number of aromatic nitrogens is 2. The van der Waals surface area contributed by atoms with E-state index in [2.05, 4.69) is 9.84 Å². The number of aliphatic carboxylic acids is 1. The highest BCUT2D eigenvalue weighted by molar-refractivity contribution is 5.92. The highest BCUT2D eigenvalue weighted by Gasteiger charge is 2.31. The van der Waals surface area contributed by atoms with Crippen LogP contribution in [0.15, 0.2) is 42.5 Å². The molecular weight excluding hydrogens is 387 g/mol.